The number of piperidine rings is 1. The maximum atomic E-state index is 12.6. The number of ether oxygens (including phenoxy) is 1. The van der Waals surface area contributed by atoms with Gasteiger partial charge in [0.05, 0.1) is 5.75 Å². The van der Waals surface area contributed by atoms with Crippen LogP contribution in [0.1, 0.15) is 40.0 Å². The van der Waals surface area contributed by atoms with Crippen molar-refractivity contribution in [2.24, 2.45) is 0 Å². The number of carbonyl (C=O) groups excluding carboxylic acids is 2. The van der Waals surface area contributed by atoms with E-state index in [2.05, 4.69) is 5.32 Å². The van der Waals surface area contributed by atoms with E-state index in [0.29, 0.717) is 12.3 Å². The SMILES string of the molecule is CC(C)(C)OC(=O)NC[C@@H]1CCCCN1C(=O)CSc1ccccc1. The van der Waals surface area contributed by atoms with Crippen molar-refractivity contribution in [2.75, 3.05) is 18.8 Å². The molecule has 1 fully saturated rings. The third-order valence-electron chi connectivity index (χ3n) is 3.93. The van der Waals surface area contributed by atoms with Crippen LogP contribution in [0.2, 0.25) is 0 Å². The second-order valence-electron chi connectivity index (χ2n) is 7.22. The molecule has 6 heteroatoms. The molecule has 25 heavy (non-hydrogen) atoms. The number of likely N-dealkylation sites (tertiary alicyclic amines) is 1. The standard InChI is InChI=1S/C19H28N2O3S/c1-19(2,3)24-18(23)20-13-15-9-7-8-12-21(15)17(22)14-25-16-10-5-4-6-11-16/h4-6,10-11,15H,7-9,12-14H2,1-3H3,(H,20,23)/t15-/m0/s1. The largest absolute Gasteiger partial charge is 0.444 e. The Morgan fingerprint density at radius 3 is 2.64 bits per heavy atom. The molecule has 1 atom stereocenters. The van der Waals surface area contributed by atoms with E-state index in [1.165, 1.54) is 0 Å². The summed E-state index contributed by atoms with van der Waals surface area (Å²) in [4.78, 5) is 27.5. The van der Waals surface area contributed by atoms with Crippen LogP contribution in [0.3, 0.4) is 0 Å². The monoisotopic (exact) mass is 364 g/mol. The van der Waals surface area contributed by atoms with Crippen molar-refractivity contribution in [3.63, 3.8) is 0 Å². The highest BCUT2D eigenvalue weighted by atomic mass is 32.2. The van der Waals surface area contributed by atoms with Gasteiger partial charge in [-0.1, -0.05) is 18.2 Å². The van der Waals surface area contributed by atoms with Crippen molar-refractivity contribution in [1.29, 1.82) is 0 Å². The number of alkyl carbamates (subject to hydrolysis) is 1. The van der Waals surface area contributed by atoms with Crippen LogP contribution >= 0.6 is 11.8 Å². The van der Waals surface area contributed by atoms with Gasteiger partial charge in [-0.3, -0.25) is 4.79 Å². The van der Waals surface area contributed by atoms with Crippen LogP contribution in [-0.2, 0) is 9.53 Å². The molecule has 1 saturated heterocycles. The summed E-state index contributed by atoms with van der Waals surface area (Å²) < 4.78 is 5.27. The van der Waals surface area contributed by atoms with E-state index in [1.807, 2.05) is 56.0 Å². The lowest BCUT2D eigenvalue weighted by atomic mass is 10.0. The summed E-state index contributed by atoms with van der Waals surface area (Å²) >= 11 is 1.55. The van der Waals surface area contributed by atoms with E-state index in [4.69, 9.17) is 4.74 Å². The molecule has 1 aromatic carbocycles. The Kier molecular flexibility index (Phi) is 7.17. The molecule has 0 unspecified atom stereocenters. The highest BCUT2D eigenvalue weighted by molar-refractivity contribution is 8.00. The number of rotatable bonds is 5. The molecule has 1 heterocycles. The number of nitrogens with one attached hydrogen (secondary N) is 1. The molecule has 2 rings (SSSR count). The molecule has 1 aromatic rings. The van der Waals surface area contributed by atoms with E-state index < -0.39 is 11.7 Å². The summed E-state index contributed by atoms with van der Waals surface area (Å²) in [7, 11) is 0. The number of amides is 2. The van der Waals surface area contributed by atoms with Gasteiger partial charge in [-0.25, -0.2) is 4.79 Å². The normalized spacial score (nSPS) is 17.9. The minimum Gasteiger partial charge on any atom is -0.444 e. The lowest BCUT2D eigenvalue weighted by molar-refractivity contribution is -0.131. The average Bonchev–Trinajstić information content (AvgIpc) is 2.57. The first-order valence-electron chi connectivity index (χ1n) is 8.79. The van der Waals surface area contributed by atoms with Crippen molar-refractivity contribution in [2.45, 2.75) is 56.6 Å². The predicted octanol–water partition coefficient (Wildman–Crippen LogP) is 3.68. The summed E-state index contributed by atoms with van der Waals surface area (Å²) in [6.45, 7) is 6.71. The molecule has 1 N–H and O–H groups in total. The van der Waals surface area contributed by atoms with Gasteiger partial charge in [-0.05, 0) is 52.2 Å². The Morgan fingerprint density at radius 2 is 1.96 bits per heavy atom. The van der Waals surface area contributed by atoms with Gasteiger partial charge in [0.1, 0.15) is 5.60 Å². The Morgan fingerprint density at radius 1 is 1.24 bits per heavy atom. The lowest BCUT2D eigenvalue weighted by Gasteiger charge is -2.36. The molecular weight excluding hydrogens is 336 g/mol. The van der Waals surface area contributed by atoms with E-state index in [9.17, 15) is 9.59 Å². The molecule has 0 aromatic heterocycles. The third kappa shape index (κ3) is 6.98. The summed E-state index contributed by atoms with van der Waals surface area (Å²) in [6, 6.07) is 9.98. The van der Waals surface area contributed by atoms with Crippen LogP contribution in [-0.4, -0.2) is 47.4 Å². The molecule has 0 spiro atoms. The number of carbonyl (C=O) groups is 2. The van der Waals surface area contributed by atoms with Gasteiger partial charge < -0.3 is 15.0 Å². The zero-order valence-corrected chi connectivity index (χ0v) is 16.1. The molecule has 0 aliphatic carbocycles. The van der Waals surface area contributed by atoms with Gasteiger partial charge in [-0.15, -0.1) is 11.8 Å². The average molecular weight is 365 g/mol. The van der Waals surface area contributed by atoms with Crippen molar-refractivity contribution < 1.29 is 14.3 Å². The molecule has 1 aliphatic rings. The fraction of sp³-hybridized carbons (Fsp3) is 0.579. The lowest BCUT2D eigenvalue weighted by Crippen LogP contribution is -2.50. The van der Waals surface area contributed by atoms with Gasteiger partial charge in [0.25, 0.3) is 0 Å². The topological polar surface area (TPSA) is 58.6 Å². The smallest absolute Gasteiger partial charge is 0.407 e. The first-order valence-corrected chi connectivity index (χ1v) is 9.78. The minimum atomic E-state index is -0.515. The van der Waals surface area contributed by atoms with Crippen LogP contribution in [0.4, 0.5) is 4.79 Å². The van der Waals surface area contributed by atoms with Crippen LogP contribution in [0.15, 0.2) is 35.2 Å². The number of thioether (sulfide) groups is 1. The molecule has 1 aliphatic heterocycles. The van der Waals surface area contributed by atoms with Gasteiger partial charge >= 0.3 is 6.09 Å². The maximum absolute atomic E-state index is 12.6. The maximum Gasteiger partial charge on any atom is 0.407 e. The van der Waals surface area contributed by atoms with Crippen LogP contribution < -0.4 is 5.32 Å². The third-order valence-corrected chi connectivity index (χ3v) is 4.93. The molecule has 0 bridgehead atoms. The van der Waals surface area contributed by atoms with Gasteiger partial charge in [-0.2, -0.15) is 0 Å². The molecule has 0 saturated carbocycles. The Labute approximate surface area is 154 Å². The van der Waals surface area contributed by atoms with E-state index in [-0.39, 0.29) is 11.9 Å². The van der Waals surface area contributed by atoms with Crippen molar-refractivity contribution in [1.82, 2.24) is 10.2 Å². The van der Waals surface area contributed by atoms with E-state index >= 15 is 0 Å². The molecule has 138 valence electrons. The minimum absolute atomic E-state index is 0.0464. The summed E-state index contributed by atoms with van der Waals surface area (Å²) in [5.74, 6) is 0.553. The second-order valence-corrected chi connectivity index (χ2v) is 8.27. The first kappa shape index (κ1) is 19.6. The van der Waals surface area contributed by atoms with Crippen molar-refractivity contribution in [3.8, 4) is 0 Å². The van der Waals surface area contributed by atoms with Gasteiger partial charge in [0, 0.05) is 24.0 Å². The van der Waals surface area contributed by atoms with Crippen LogP contribution in [0.5, 0.6) is 0 Å². The Balaban J connectivity index is 1.84. The number of nitrogens with zero attached hydrogens (tertiary/aromatic N) is 1. The van der Waals surface area contributed by atoms with E-state index in [1.54, 1.807) is 11.8 Å². The highest BCUT2D eigenvalue weighted by Gasteiger charge is 2.27. The summed E-state index contributed by atoms with van der Waals surface area (Å²) in [5.41, 5.74) is -0.515. The zero-order chi connectivity index (χ0) is 18.3. The highest BCUT2D eigenvalue weighted by Crippen LogP contribution is 2.21. The number of hydrogen-bond acceptors (Lipinski definition) is 4. The first-order chi connectivity index (χ1) is 11.8. The van der Waals surface area contributed by atoms with Gasteiger partial charge in [0.15, 0.2) is 0 Å². The van der Waals surface area contributed by atoms with Crippen molar-refractivity contribution in [3.05, 3.63) is 30.3 Å². The summed E-state index contributed by atoms with van der Waals surface area (Å²) in [5, 5.41) is 2.81. The number of benzene rings is 1. The quantitative estimate of drug-likeness (QED) is 0.810. The fourth-order valence-electron chi connectivity index (χ4n) is 2.80. The molecule has 2 amide bonds. The van der Waals surface area contributed by atoms with Crippen molar-refractivity contribution >= 4 is 23.8 Å². The Bertz CT molecular complexity index is 572. The van der Waals surface area contributed by atoms with Crippen LogP contribution in [0, 0.1) is 0 Å². The van der Waals surface area contributed by atoms with Crippen LogP contribution in [0.25, 0.3) is 0 Å². The molecular formula is C19H28N2O3S. The molecule has 0 radical (unpaired) electrons. The fourth-order valence-corrected chi connectivity index (χ4v) is 3.61. The molecule has 5 nitrogen and oxygen atoms in total. The van der Waals surface area contributed by atoms with E-state index in [0.717, 1.165) is 30.7 Å². The zero-order valence-electron chi connectivity index (χ0n) is 15.3. The second kappa shape index (κ2) is 9.13. The van der Waals surface area contributed by atoms with Gasteiger partial charge in [0.2, 0.25) is 5.91 Å². The Hall–Kier alpha value is -1.69. The summed E-state index contributed by atoms with van der Waals surface area (Å²) in [6.07, 6.45) is 2.59. The predicted molar refractivity (Wildman–Crippen MR) is 101 cm³/mol. The number of hydrogen-bond donors (Lipinski definition) is 1.